The average molecular weight is 805 g/mol. The highest BCUT2D eigenvalue weighted by molar-refractivity contribution is 5.94. The zero-order chi connectivity index (χ0) is 41.3. The summed E-state index contributed by atoms with van der Waals surface area (Å²) in [5.74, 6) is -35.7. The van der Waals surface area contributed by atoms with Crippen molar-refractivity contribution in [1.82, 2.24) is 19.9 Å². The Kier molecular flexibility index (Phi) is 8.98. The molecule has 2 aliphatic rings. The summed E-state index contributed by atoms with van der Waals surface area (Å²) in [7, 11) is 0. The van der Waals surface area contributed by atoms with E-state index in [0.29, 0.717) is 23.3 Å². The third-order valence-electron chi connectivity index (χ3n) is 9.27. The van der Waals surface area contributed by atoms with Gasteiger partial charge in [-0.15, -0.1) is 6.42 Å². The summed E-state index contributed by atoms with van der Waals surface area (Å²) in [4.78, 5) is 14.0. The number of rotatable bonds is 7. The third kappa shape index (κ3) is 5.88. The summed E-state index contributed by atoms with van der Waals surface area (Å²) >= 11 is 0. The lowest BCUT2D eigenvalue weighted by Gasteiger charge is -2.39. The minimum atomic E-state index is -8.09. The molecule has 2 aliphatic heterocycles. The number of terminal acetylenes is 1. The molecule has 17 heteroatoms. The van der Waals surface area contributed by atoms with Gasteiger partial charge in [-0.1, -0.05) is 66.6 Å². The van der Waals surface area contributed by atoms with Gasteiger partial charge < -0.3 is 9.97 Å². The largest absolute Gasteiger partial charge is 0.460 e. The van der Waals surface area contributed by atoms with E-state index in [1.807, 2.05) is 0 Å². The molecule has 5 heterocycles. The van der Waals surface area contributed by atoms with E-state index in [1.54, 1.807) is 36.4 Å². The monoisotopic (exact) mass is 804 g/mol. The highest BCUT2D eigenvalue weighted by atomic mass is 19.4. The molecule has 2 aromatic carbocycles. The lowest BCUT2D eigenvalue weighted by atomic mass is 9.90. The lowest BCUT2D eigenvalue weighted by Crippen LogP contribution is -2.69. The second kappa shape index (κ2) is 13.1. The van der Waals surface area contributed by atoms with Gasteiger partial charge in [0.05, 0.1) is 44.9 Å². The molecule has 0 amide bonds. The number of fused-ring (bicyclic) bond motifs is 8. The molecule has 0 unspecified atom stereocenters. The summed E-state index contributed by atoms with van der Waals surface area (Å²) in [6, 6.07) is 19.1. The first-order valence-electron chi connectivity index (χ1n) is 16.4. The normalized spacial score (nSPS) is 13.9. The Balaban J connectivity index is 1.65. The van der Waals surface area contributed by atoms with Gasteiger partial charge in [0.1, 0.15) is 0 Å². The van der Waals surface area contributed by atoms with Gasteiger partial charge >= 0.3 is 35.8 Å². The Morgan fingerprint density at radius 3 is 1.19 bits per heavy atom. The zero-order valence-corrected chi connectivity index (χ0v) is 28.3. The first kappa shape index (κ1) is 38.9. The van der Waals surface area contributed by atoms with Crippen molar-refractivity contribution in [3.63, 3.8) is 0 Å². The van der Waals surface area contributed by atoms with Gasteiger partial charge in [-0.05, 0) is 59.7 Å². The molecule has 0 radical (unpaired) electrons. The highest BCUT2D eigenvalue weighted by Crippen LogP contribution is 2.62. The summed E-state index contributed by atoms with van der Waals surface area (Å²) in [5.41, 5.74) is -3.17. The zero-order valence-electron chi connectivity index (χ0n) is 28.3. The molecule has 0 saturated heterocycles. The van der Waals surface area contributed by atoms with Crippen LogP contribution < -0.4 is 0 Å². The van der Waals surface area contributed by atoms with Crippen molar-refractivity contribution in [2.75, 3.05) is 0 Å². The highest BCUT2D eigenvalue weighted by Gasteiger charge is 2.91. The number of hydrogen-bond acceptors (Lipinski definition) is 2. The summed E-state index contributed by atoms with van der Waals surface area (Å²) in [6.45, 7) is 0. The van der Waals surface area contributed by atoms with Crippen molar-refractivity contribution in [1.29, 1.82) is 0 Å². The molecule has 3 aromatic heterocycles. The molecule has 0 aliphatic carbocycles. The number of nitrogens with zero attached hydrogens (tertiary/aromatic N) is 2. The molecule has 4 nitrogen and oxygen atoms in total. The van der Waals surface area contributed by atoms with Crippen molar-refractivity contribution < 1.29 is 57.1 Å². The second-order valence-electron chi connectivity index (χ2n) is 12.7. The minimum Gasteiger partial charge on any atom is -0.354 e. The molecular formula is C40H21F13N4. The van der Waals surface area contributed by atoms with Crippen LogP contribution in [-0.4, -0.2) is 49.8 Å². The Morgan fingerprint density at radius 2 is 0.807 bits per heavy atom. The Labute approximate surface area is 312 Å². The van der Waals surface area contributed by atoms with Crippen LogP contribution in [0.5, 0.6) is 0 Å². The fraction of sp³-hybridized carbons (Fsp3) is 0.150. The molecular weight excluding hydrogens is 783 g/mol. The Morgan fingerprint density at radius 1 is 0.439 bits per heavy atom. The number of aromatic amines is 2. The van der Waals surface area contributed by atoms with Gasteiger partial charge in [0.2, 0.25) is 0 Å². The van der Waals surface area contributed by atoms with Crippen LogP contribution in [0.15, 0.2) is 84.9 Å². The summed E-state index contributed by atoms with van der Waals surface area (Å²) in [5, 5.41) is 0. The Hall–Kier alpha value is -6.31. The van der Waals surface area contributed by atoms with Crippen LogP contribution >= 0.6 is 0 Å². The van der Waals surface area contributed by atoms with Crippen LogP contribution in [0.4, 0.5) is 57.1 Å². The molecule has 0 fully saturated rings. The van der Waals surface area contributed by atoms with Crippen LogP contribution in [0.1, 0.15) is 33.9 Å². The number of benzene rings is 2. The lowest BCUT2D eigenvalue weighted by molar-refractivity contribution is -0.441. The van der Waals surface area contributed by atoms with E-state index in [-0.39, 0.29) is 50.5 Å². The summed E-state index contributed by atoms with van der Waals surface area (Å²) in [6.07, 6.45) is 4.30. The van der Waals surface area contributed by atoms with Crippen LogP contribution in [0.2, 0.25) is 0 Å². The van der Waals surface area contributed by atoms with E-state index in [0.717, 1.165) is 12.1 Å². The maximum Gasteiger partial charge on any atom is 0.460 e. The minimum absolute atomic E-state index is 0.0932. The molecule has 0 spiro atoms. The van der Waals surface area contributed by atoms with Crippen LogP contribution in [0.25, 0.3) is 68.6 Å². The quantitative estimate of drug-likeness (QED) is 0.125. The number of alkyl halides is 13. The van der Waals surface area contributed by atoms with Gasteiger partial charge in [-0.3, -0.25) is 0 Å². The fourth-order valence-corrected chi connectivity index (χ4v) is 6.44. The van der Waals surface area contributed by atoms with Crippen molar-refractivity contribution in [3.8, 4) is 34.6 Å². The van der Waals surface area contributed by atoms with Crippen LogP contribution in [0, 0.1) is 12.3 Å². The maximum atomic E-state index is 16.5. The molecule has 0 saturated carbocycles. The van der Waals surface area contributed by atoms with Crippen LogP contribution in [-0.2, 0) is 5.92 Å². The fourth-order valence-electron chi connectivity index (χ4n) is 6.44. The van der Waals surface area contributed by atoms with E-state index < -0.39 is 52.4 Å². The van der Waals surface area contributed by atoms with Crippen LogP contribution in [0.3, 0.4) is 0 Å². The number of halogens is 13. The first-order valence-corrected chi connectivity index (χ1v) is 16.4. The number of aromatic nitrogens is 4. The van der Waals surface area contributed by atoms with Gasteiger partial charge in [-0.25, -0.2) is 9.97 Å². The average Bonchev–Trinajstić information content (AvgIpc) is 3.99. The molecule has 57 heavy (non-hydrogen) atoms. The maximum absolute atomic E-state index is 16.5. The van der Waals surface area contributed by atoms with E-state index >= 15 is 26.3 Å². The number of nitrogens with one attached hydrogen (secondary N) is 2. The first-order chi connectivity index (χ1) is 26.7. The topological polar surface area (TPSA) is 57.4 Å². The van der Waals surface area contributed by atoms with Crippen molar-refractivity contribution >= 4 is 46.4 Å². The van der Waals surface area contributed by atoms with Gasteiger partial charge in [-0.2, -0.15) is 57.1 Å². The number of hydrogen-bond donors (Lipinski definition) is 2. The van der Waals surface area contributed by atoms with Gasteiger partial charge in [0, 0.05) is 22.2 Å². The third-order valence-corrected chi connectivity index (χ3v) is 9.27. The van der Waals surface area contributed by atoms with Gasteiger partial charge in [0.15, 0.2) is 0 Å². The van der Waals surface area contributed by atoms with E-state index in [1.165, 1.54) is 48.6 Å². The number of H-pyrrole nitrogens is 2. The predicted octanol–water partition coefficient (Wildman–Crippen LogP) is 12.2. The molecule has 292 valence electrons. The summed E-state index contributed by atoms with van der Waals surface area (Å²) < 4.78 is 190. The second-order valence-corrected chi connectivity index (χ2v) is 12.7. The standard InChI is InChI=1S/C40H21F13N4/c1-2-23-24-13-15-26(54-24)32(21-9-5-3-6-10-21)28-17-19-30(56-28)34(35(41,42)36(43,44)37(45,46)38(47,48)39(49,50)40(51,52)53)31-20-18-29(57-31)33(22-11-7-4-8-12-22)27-16-14-25(23)55-27/h1,3-20,56-57H. The Bertz CT molecular complexity index is 2530. The van der Waals surface area contributed by atoms with E-state index in [4.69, 9.17) is 6.42 Å². The van der Waals surface area contributed by atoms with E-state index in [9.17, 15) is 30.7 Å². The predicted molar refractivity (Wildman–Crippen MR) is 187 cm³/mol. The smallest absolute Gasteiger partial charge is 0.354 e. The molecule has 8 bridgehead atoms. The molecule has 7 rings (SSSR count). The van der Waals surface area contributed by atoms with Gasteiger partial charge in [0.25, 0.3) is 0 Å². The van der Waals surface area contributed by atoms with E-state index in [2.05, 4.69) is 25.9 Å². The van der Waals surface area contributed by atoms with Crippen molar-refractivity contribution in [2.45, 2.75) is 35.8 Å². The van der Waals surface area contributed by atoms with Crippen molar-refractivity contribution in [3.05, 3.63) is 119 Å². The molecule has 5 aromatic rings. The molecule has 0 atom stereocenters. The molecule has 2 N–H and O–H groups in total. The SMILES string of the molecule is C#Cc1c2nc(c(-c3ccccc3)c3ccc([nH]3)c(C(F)(F)C(F)(F)C(F)(F)C(F)(F)C(F)(F)C(F)(F)F)c3ccc([nH]3)c(-c3ccccc3)c3nc1C=C3)C=C2. The van der Waals surface area contributed by atoms with Crippen molar-refractivity contribution in [2.24, 2.45) is 0 Å².